The van der Waals surface area contributed by atoms with Gasteiger partial charge >= 0.3 is 0 Å². The molecule has 0 spiro atoms. The van der Waals surface area contributed by atoms with E-state index in [-0.39, 0.29) is 6.10 Å². The van der Waals surface area contributed by atoms with Crippen LogP contribution >= 0.6 is 0 Å². The third-order valence-electron chi connectivity index (χ3n) is 1.71. The Morgan fingerprint density at radius 2 is 1.92 bits per heavy atom. The van der Waals surface area contributed by atoms with Crippen LogP contribution in [0.5, 0.6) is 5.75 Å². The second-order valence-electron chi connectivity index (χ2n) is 3.42. The maximum atomic E-state index is 9.33. The number of rotatable bonds is 3. The lowest BCUT2D eigenvalue weighted by Crippen LogP contribution is -2.05. The van der Waals surface area contributed by atoms with Gasteiger partial charge in [0, 0.05) is 0 Å². The van der Waals surface area contributed by atoms with Gasteiger partial charge in [-0.2, -0.15) is 0 Å². The van der Waals surface area contributed by atoms with Crippen molar-refractivity contribution in [2.24, 2.45) is 0 Å². The van der Waals surface area contributed by atoms with E-state index in [4.69, 9.17) is 4.74 Å². The summed E-state index contributed by atoms with van der Waals surface area (Å²) in [6.45, 7) is 5.71. The van der Waals surface area contributed by atoms with Crippen molar-refractivity contribution in [3.63, 3.8) is 0 Å². The van der Waals surface area contributed by atoms with E-state index in [1.165, 1.54) is 0 Å². The first-order valence-electron chi connectivity index (χ1n) is 4.54. The molecule has 13 heavy (non-hydrogen) atoms. The predicted octanol–water partition coefficient (Wildman–Crippen LogP) is 2.53. The maximum absolute atomic E-state index is 9.33. The highest BCUT2D eigenvalue weighted by atomic mass is 16.5. The summed E-state index contributed by atoms with van der Waals surface area (Å²) in [6.07, 6.45) is -0.264. The van der Waals surface area contributed by atoms with E-state index in [2.05, 4.69) is 0 Å². The smallest absolute Gasteiger partial charge is 0.120 e. The summed E-state index contributed by atoms with van der Waals surface area (Å²) in [4.78, 5) is 0. The van der Waals surface area contributed by atoms with Gasteiger partial charge < -0.3 is 9.84 Å². The van der Waals surface area contributed by atoms with Crippen LogP contribution in [0, 0.1) is 0 Å². The Kier molecular flexibility index (Phi) is 3.32. The average Bonchev–Trinajstić information content (AvgIpc) is 2.03. The van der Waals surface area contributed by atoms with E-state index < -0.39 is 6.10 Å². The SMILES string of the molecule is CC(C)Oc1cccc([C@H](C)O)c1. The number of hydrogen-bond acceptors (Lipinski definition) is 2. The highest BCUT2D eigenvalue weighted by Crippen LogP contribution is 2.19. The van der Waals surface area contributed by atoms with E-state index in [0.29, 0.717) is 0 Å². The monoisotopic (exact) mass is 180 g/mol. The summed E-state index contributed by atoms with van der Waals surface area (Å²) < 4.78 is 5.49. The molecule has 2 heteroatoms. The Bertz CT molecular complexity index is 267. The molecule has 0 saturated heterocycles. The molecule has 0 amide bonds. The molecule has 1 N–H and O–H groups in total. The molecule has 0 aromatic heterocycles. The van der Waals surface area contributed by atoms with E-state index in [9.17, 15) is 5.11 Å². The Balaban J connectivity index is 2.79. The molecule has 2 nitrogen and oxygen atoms in total. The van der Waals surface area contributed by atoms with Crippen LogP contribution in [0.1, 0.15) is 32.4 Å². The lowest BCUT2D eigenvalue weighted by atomic mass is 10.1. The fourth-order valence-corrected chi connectivity index (χ4v) is 1.12. The Labute approximate surface area is 79.2 Å². The van der Waals surface area contributed by atoms with Crippen LogP contribution in [-0.4, -0.2) is 11.2 Å². The van der Waals surface area contributed by atoms with Gasteiger partial charge in [-0.05, 0) is 38.5 Å². The minimum Gasteiger partial charge on any atom is -0.491 e. The van der Waals surface area contributed by atoms with Crippen LogP contribution in [-0.2, 0) is 0 Å². The molecule has 1 rings (SSSR count). The highest BCUT2D eigenvalue weighted by molar-refractivity contribution is 5.29. The fourth-order valence-electron chi connectivity index (χ4n) is 1.12. The van der Waals surface area contributed by atoms with Gasteiger partial charge in [0.15, 0.2) is 0 Å². The summed E-state index contributed by atoms with van der Waals surface area (Å²) in [7, 11) is 0. The number of hydrogen-bond donors (Lipinski definition) is 1. The molecule has 0 bridgehead atoms. The van der Waals surface area contributed by atoms with Crippen LogP contribution in [0.15, 0.2) is 24.3 Å². The van der Waals surface area contributed by atoms with E-state index in [1.54, 1.807) is 6.92 Å². The average molecular weight is 180 g/mol. The maximum Gasteiger partial charge on any atom is 0.120 e. The largest absolute Gasteiger partial charge is 0.491 e. The number of aliphatic hydroxyl groups is 1. The predicted molar refractivity (Wildman–Crippen MR) is 52.8 cm³/mol. The van der Waals surface area contributed by atoms with Crippen molar-refractivity contribution in [2.75, 3.05) is 0 Å². The van der Waals surface area contributed by atoms with Crippen LogP contribution in [0.2, 0.25) is 0 Å². The lowest BCUT2D eigenvalue weighted by molar-refractivity contribution is 0.197. The fraction of sp³-hybridized carbons (Fsp3) is 0.455. The van der Waals surface area contributed by atoms with E-state index >= 15 is 0 Å². The Hall–Kier alpha value is -1.02. The standard InChI is InChI=1S/C11H16O2/c1-8(2)13-11-6-4-5-10(7-11)9(3)12/h4-9,12H,1-3H3/t9-/m0/s1. The number of aliphatic hydroxyl groups excluding tert-OH is 1. The van der Waals surface area contributed by atoms with Crippen LogP contribution in [0.3, 0.4) is 0 Å². The molecule has 0 saturated carbocycles. The Morgan fingerprint density at radius 3 is 2.46 bits per heavy atom. The second kappa shape index (κ2) is 4.28. The molecule has 1 aromatic rings. The molecule has 0 aliphatic carbocycles. The molecule has 0 heterocycles. The van der Waals surface area contributed by atoms with Gasteiger partial charge in [0.1, 0.15) is 5.75 Å². The van der Waals surface area contributed by atoms with Crippen molar-refractivity contribution < 1.29 is 9.84 Å². The molecule has 0 unspecified atom stereocenters. The van der Waals surface area contributed by atoms with Crippen molar-refractivity contribution in [3.05, 3.63) is 29.8 Å². The van der Waals surface area contributed by atoms with Gasteiger partial charge in [0.25, 0.3) is 0 Å². The first-order chi connectivity index (χ1) is 6.09. The molecule has 0 aliphatic heterocycles. The van der Waals surface area contributed by atoms with Crippen molar-refractivity contribution >= 4 is 0 Å². The zero-order valence-electron chi connectivity index (χ0n) is 8.32. The summed E-state index contributed by atoms with van der Waals surface area (Å²) >= 11 is 0. The molecule has 0 fully saturated rings. The van der Waals surface area contributed by atoms with Gasteiger partial charge in [-0.1, -0.05) is 12.1 Å². The molecule has 0 aliphatic rings. The lowest BCUT2D eigenvalue weighted by Gasteiger charge is -2.11. The topological polar surface area (TPSA) is 29.5 Å². The molecule has 1 aromatic carbocycles. The molecular weight excluding hydrogens is 164 g/mol. The molecule has 72 valence electrons. The summed E-state index contributed by atoms with van der Waals surface area (Å²) in [5.74, 6) is 0.813. The third kappa shape index (κ3) is 3.07. The molecule has 1 atom stereocenters. The zero-order valence-corrected chi connectivity index (χ0v) is 8.32. The number of ether oxygens (including phenoxy) is 1. The van der Waals surface area contributed by atoms with E-state index in [0.717, 1.165) is 11.3 Å². The summed E-state index contributed by atoms with van der Waals surface area (Å²) in [6, 6.07) is 7.54. The molecular formula is C11H16O2. The van der Waals surface area contributed by atoms with Gasteiger partial charge in [-0.25, -0.2) is 0 Å². The number of benzene rings is 1. The summed E-state index contributed by atoms with van der Waals surface area (Å²) in [5, 5.41) is 9.33. The Morgan fingerprint density at radius 1 is 1.23 bits per heavy atom. The third-order valence-corrected chi connectivity index (χ3v) is 1.71. The van der Waals surface area contributed by atoms with Crippen molar-refractivity contribution in [1.29, 1.82) is 0 Å². The quantitative estimate of drug-likeness (QED) is 0.774. The second-order valence-corrected chi connectivity index (χ2v) is 3.42. The highest BCUT2D eigenvalue weighted by Gasteiger charge is 2.02. The van der Waals surface area contributed by atoms with Crippen molar-refractivity contribution in [2.45, 2.75) is 33.0 Å². The normalized spacial score (nSPS) is 13.0. The van der Waals surface area contributed by atoms with Crippen LogP contribution in [0.4, 0.5) is 0 Å². The van der Waals surface area contributed by atoms with Crippen molar-refractivity contribution in [1.82, 2.24) is 0 Å². The minimum atomic E-state index is -0.435. The van der Waals surface area contributed by atoms with Gasteiger partial charge in [-0.3, -0.25) is 0 Å². The van der Waals surface area contributed by atoms with Crippen molar-refractivity contribution in [3.8, 4) is 5.75 Å². The van der Waals surface area contributed by atoms with Gasteiger partial charge in [0.2, 0.25) is 0 Å². The van der Waals surface area contributed by atoms with E-state index in [1.807, 2.05) is 38.1 Å². The first kappa shape index (κ1) is 10.1. The van der Waals surface area contributed by atoms with Crippen LogP contribution in [0.25, 0.3) is 0 Å². The minimum absolute atomic E-state index is 0.171. The van der Waals surface area contributed by atoms with Gasteiger partial charge in [-0.15, -0.1) is 0 Å². The first-order valence-corrected chi connectivity index (χ1v) is 4.54. The zero-order chi connectivity index (χ0) is 9.84. The summed E-state index contributed by atoms with van der Waals surface area (Å²) in [5.41, 5.74) is 0.887. The molecule has 0 radical (unpaired) electrons. The van der Waals surface area contributed by atoms with Gasteiger partial charge in [0.05, 0.1) is 12.2 Å². The van der Waals surface area contributed by atoms with Crippen LogP contribution < -0.4 is 4.74 Å².